The minimum atomic E-state index is -0.0267. The van der Waals surface area contributed by atoms with E-state index in [2.05, 4.69) is 9.97 Å². The Hall–Kier alpha value is -0.887. The Bertz CT molecular complexity index is 325. The molecule has 0 atom stereocenters. The van der Waals surface area contributed by atoms with Gasteiger partial charge in [0.15, 0.2) is 0 Å². The van der Waals surface area contributed by atoms with Crippen molar-refractivity contribution in [2.45, 2.75) is 0 Å². The zero-order valence-corrected chi connectivity index (χ0v) is 8.88. The van der Waals surface area contributed by atoms with Gasteiger partial charge >= 0.3 is 0 Å². The summed E-state index contributed by atoms with van der Waals surface area (Å²) in [5.41, 5.74) is 1.65. The molecule has 1 aromatic heterocycles. The predicted octanol–water partition coefficient (Wildman–Crippen LogP) is 1.27. The summed E-state index contributed by atoms with van der Waals surface area (Å²) in [6.07, 6.45) is 0. The van der Waals surface area contributed by atoms with Gasteiger partial charge in [-0.3, -0.25) is 0 Å². The Balaban J connectivity index is 0.000000605. The summed E-state index contributed by atoms with van der Waals surface area (Å²) in [5, 5.41) is 8.89. The number of para-hydroxylation sites is 2. The molecule has 11 heavy (non-hydrogen) atoms. The van der Waals surface area contributed by atoms with E-state index in [1.165, 1.54) is 0 Å². The molecule has 0 radical (unpaired) electrons. The number of hydrogen-bond acceptors (Lipinski definition) is 2. The molecule has 2 rings (SSSR count). The fourth-order valence-corrected chi connectivity index (χ4v) is 0.939. The smallest absolute Gasteiger partial charge is 0.292 e. The number of aromatic nitrogens is 2. The van der Waals surface area contributed by atoms with Crippen LogP contribution < -0.4 is 0 Å². The molecule has 0 saturated carbocycles. The molecular weight excluding hydrogens is 193 g/mol. The van der Waals surface area contributed by atoms with Crippen molar-refractivity contribution >= 4 is 11.0 Å². The van der Waals surface area contributed by atoms with Crippen LogP contribution in [-0.4, -0.2) is 15.1 Å². The number of rotatable bonds is 0. The first kappa shape index (κ1) is 8.21. The number of hydrogen-bond donors (Lipinski definition) is 2. The van der Waals surface area contributed by atoms with Crippen LogP contribution in [0.15, 0.2) is 24.3 Å². The second kappa shape index (κ2) is 3.01. The van der Waals surface area contributed by atoms with Crippen molar-refractivity contribution in [3.8, 4) is 6.01 Å². The first-order chi connectivity index (χ1) is 4.86. The molecule has 2 N–H and O–H groups in total. The normalized spacial score (nSPS) is 9.45. The van der Waals surface area contributed by atoms with Crippen LogP contribution in [-0.2, 0) is 19.5 Å². The number of imidazole rings is 1. The van der Waals surface area contributed by atoms with Gasteiger partial charge in [-0.2, -0.15) is 4.98 Å². The quantitative estimate of drug-likeness (QED) is 0.628. The van der Waals surface area contributed by atoms with E-state index in [1.54, 1.807) is 0 Å². The molecule has 0 aliphatic carbocycles. The van der Waals surface area contributed by atoms with Crippen molar-refractivity contribution in [2.75, 3.05) is 0 Å². The summed E-state index contributed by atoms with van der Waals surface area (Å²) >= 11 is 0. The summed E-state index contributed by atoms with van der Waals surface area (Å²) in [6.45, 7) is 0. The van der Waals surface area contributed by atoms with Gasteiger partial charge in [0.1, 0.15) is 0 Å². The number of benzene rings is 1. The molecule has 0 spiro atoms. The van der Waals surface area contributed by atoms with E-state index < -0.39 is 0 Å². The van der Waals surface area contributed by atoms with Gasteiger partial charge in [0.2, 0.25) is 0 Å². The van der Waals surface area contributed by atoms with Gasteiger partial charge in [-0.1, -0.05) is 12.1 Å². The summed E-state index contributed by atoms with van der Waals surface area (Å²) in [7, 11) is 0. The number of nitrogens with one attached hydrogen (secondary N) is 1. The number of aromatic hydroxyl groups is 1. The maximum atomic E-state index is 8.89. The average Bonchev–Trinajstić information content (AvgIpc) is 2.27. The molecule has 0 unspecified atom stereocenters. The molecule has 52 valence electrons. The zero-order valence-electron chi connectivity index (χ0n) is 5.91. The Morgan fingerprint density at radius 2 is 2.00 bits per heavy atom. The Morgan fingerprint density at radius 1 is 1.27 bits per heavy atom. The van der Waals surface area contributed by atoms with Crippen LogP contribution >= 0.6 is 0 Å². The summed E-state index contributed by atoms with van der Waals surface area (Å²) in [4.78, 5) is 6.52. The third-order valence-electron chi connectivity index (χ3n) is 1.38. The maximum absolute atomic E-state index is 8.89. The SMILES string of the molecule is Oc1nc2ccccc2[nH]1.[Zn]. The van der Waals surface area contributed by atoms with E-state index in [0.29, 0.717) is 0 Å². The van der Waals surface area contributed by atoms with Gasteiger partial charge in [0.25, 0.3) is 6.01 Å². The van der Waals surface area contributed by atoms with Crippen molar-refractivity contribution in [3.63, 3.8) is 0 Å². The number of fused-ring (bicyclic) bond motifs is 1. The molecule has 0 bridgehead atoms. The fourth-order valence-electron chi connectivity index (χ4n) is 0.939. The Morgan fingerprint density at radius 3 is 2.73 bits per heavy atom. The third kappa shape index (κ3) is 1.41. The van der Waals surface area contributed by atoms with Crippen LogP contribution in [0.3, 0.4) is 0 Å². The van der Waals surface area contributed by atoms with Crippen molar-refractivity contribution in [3.05, 3.63) is 24.3 Å². The predicted molar refractivity (Wildman–Crippen MR) is 37.8 cm³/mol. The molecule has 3 nitrogen and oxygen atoms in total. The number of H-pyrrole nitrogens is 1. The van der Waals surface area contributed by atoms with Crippen molar-refractivity contribution in [1.29, 1.82) is 0 Å². The first-order valence-corrected chi connectivity index (χ1v) is 3.00. The topological polar surface area (TPSA) is 48.9 Å². The molecule has 0 fully saturated rings. The van der Waals surface area contributed by atoms with Gasteiger partial charge in [-0.05, 0) is 12.1 Å². The fraction of sp³-hybridized carbons (Fsp3) is 0. The second-order valence-corrected chi connectivity index (χ2v) is 2.08. The van der Waals surface area contributed by atoms with E-state index in [9.17, 15) is 0 Å². The van der Waals surface area contributed by atoms with Gasteiger partial charge in [0, 0.05) is 19.5 Å². The van der Waals surface area contributed by atoms with Gasteiger partial charge < -0.3 is 10.1 Å². The first-order valence-electron chi connectivity index (χ1n) is 3.00. The molecule has 2 aromatic rings. The van der Waals surface area contributed by atoms with Gasteiger partial charge in [-0.15, -0.1) is 0 Å². The minimum Gasteiger partial charge on any atom is -0.480 e. The molecular formula is C7H6N2OZn. The maximum Gasteiger partial charge on any atom is 0.292 e. The third-order valence-corrected chi connectivity index (χ3v) is 1.38. The molecule has 0 aliphatic rings. The summed E-state index contributed by atoms with van der Waals surface area (Å²) in [6, 6.07) is 7.44. The zero-order chi connectivity index (χ0) is 6.97. The van der Waals surface area contributed by atoms with Crippen molar-refractivity contribution in [1.82, 2.24) is 9.97 Å². The summed E-state index contributed by atoms with van der Waals surface area (Å²) in [5.74, 6) is 0. The van der Waals surface area contributed by atoms with E-state index in [4.69, 9.17) is 5.11 Å². The van der Waals surface area contributed by atoms with E-state index in [1.807, 2.05) is 24.3 Å². The van der Waals surface area contributed by atoms with E-state index >= 15 is 0 Å². The van der Waals surface area contributed by atoms with Gasteiger partial charge in [0.05, 0.1) is 11.0 Å². The molecule has 1 heterocycles. The monoisotopic (exact) mass is 198 g/mol. The standard InChI is InChI=1S/C7H6N2O.Zn/c10-7-8-5-3-1-2-4-6(5)9-7;/h1-4H,(H2,8,9,10);. The minimum absolute atomic E-state index is 0. The number of aromatic amines is 1. The summed E-state index contributed by atoms with van der Waals surface area (Å²) < 4.78 is 0. The van der Waals surface area contributed by atoms with Crippen molar-refractivity contribution < 1.29 is 24.6 Å². The second-order valence-electron chi connectivity index (χ2n) is 2.08. The molecule has 0 saturated heterocycles. The Labute approximate surface area is 76.2 Å². The van der Waals surface area contributed by atoms with Crippen LogP contribution in [0, 0.1) is 0 Å². The Kier molecular flexibility index (Phi) is 2.25. The van der Waals surface area contributed by atoms with E-state index in [0.717, 1.165) is 11.0 Å². The molecule has 0 amide bonds. The van der Waals surface area contributed by atoms with E-state index in [-0.39, 0.29) is 25.5 Å². The molecule has 4 heteroatoms. The van der Waals surface area contributed by atoms with Crippen LogP contribution in [0.5, 0.6) is 6.01 Å². The van der Waals surface area contributed by atoms with Crippen LogP contribution in [0.2, 0.25) is 0 Å². The average molecular weight is 200 g/mol. The molecule has 1 aromatic carbocycles. The largest absolute Gasteiger partial charge is 0.480 e. The van der Waals surface area contributed by atoms with Crippen LogP contribution in [0.25, 0.3) is 11.0 Å². The van der Waals surface area contributed by atoms with Crippen LogP contribution in [0.4, 0.5) is 0 Å². The van der Waals surface area contributed by atoms with Gasteiger partial charge in [-0.25, -0.2) is 0 Å². The van der Waals surface area contributed by atoms with Crippen LogP contribution in [0.1, 0.15) is 0 Å². The van der Waals surface area contributed by atoms with Crippen molar-refractivity contribution in [2.24, 2.45) is 0 Å². The number of nitrogens with zero attached hydrogens (tertiary/aromatic N) is 1. The molecule has 0 aliphatic heterocycles.